The van der Waals surface area contributed by atoms with E-state index in [-0.39, 0.29) is 10.7 Å². The number of Topliss-reactive ketones (excluding diaryl/α,β-unsaturated/α-hetero) is 1. The maximum Gasteiger partial charge on any atom is 0.276 e. The molecule has 0 saturated carbocycles. The smallest absolute Gasteiger partial charge is 0.276 e. The molecule has 1 heterocycles. The topological polar surface area (TPSA) is 92.3 Å². The van der Waals surface area contributed by atoms with Crippen molar-refractivity contribution in [2.75, 3.05) is 0 Å². The highest BCUT2D eigenvalue weighted by atomic mass is 32.2. The summed E-state index contributed by atoms with van der Waals surface area (Å²) in [5, 5.41) is 0. The maximum atomic E-state index is 12.3. The predicted octanol–water partition coefficient (Wildman–Crippen LogP) is 2.70. The zero-order valence-corrected chi connectivity index (χ0v) is 16.2. The van der Waals surface area contributed by atoms with Gasteiger partial charge >= 0.3 is 0 Å². The van der Waals surface area contributed by atoms with E-state index in [0.29, 0.717) is 16.4 Å². The Morgan fingerprint density at radius 1 is 1.19 bits per heavy atom. The van der Waals surface area contributed by atoms with Crippen LogP contribution in [-0.2, 0) is 22.9 Å². The van der Waals surface area contributed by atoms with Crippen LogP contribution in [0.3, 0.4) is 0 Å². The lowest BCUT2D eigenvalue weighted by molar-refractivity contribution is 0.0948. The third-order valence-corrected chi connectivity index (χ3v) is 6.92. The summed E-state index contributed by atoms with van der Waals surface area (Å²) in [6.45, 7) is 3.59. The second-order valence-corrected chi connectivity index (χ2v) is 9.37. The molecule has 1 aromatic carbocycles. The monoisotopic (exact) mass is 392 g/mol. The quantitative estimate of drug-likeness (QED) is 0.604. The molecule has 0 aliphatic heterocycles. The van der Waals surface area contributed by atoms with Crippen molar-refractivity contribution in [3.05, 3.63) is 51.2 Å². The molecule has 0 unspecified atom stereocenters. The molecule has 1 amide bonds. The lowest BCUT2D eigenvalue weighted by atomic mass is 9.90. The average molecular weight is 393 g/mol. The van der Waals surface area contributed by atoms with Crippen LogP contribution < -0.4 is 10.3 Å². The van der Waals surface area contributed by atoms with E-state index in [1.165, 1.54) is 53.0 Å². The van der Waals surface area contributed by atoms with Crippen LogP contribution in [0.5, 0.6) is 0 Å². The van der Waals surface area contributed by atoms with Gasteiger partial charge in [0.2, 0.25) is 0 Å². The fraction of sp³-hybridized carbons (Fsp3) is 0.333. The van der Waals surface area contributed by atoms with Gasteiger partial charge in [0.25, 0.3) is 15.9 Å². The van der Waals surface area contributed by atoms with Crippen molar-refractivity contribution < 1.29 is 18.0 Å². The summed E-state index contributed by atoms with van der Waals surface area (Å²) in [6.07, 6.45) is 3.02. The number of hydrogen-bond acceptors (Lipinski definition) is 5. The summed E-state index contributed by atoms with van der Waals surface area (Å²) in [7, 11) is -3.91. The van der Waals surface area contributed by atoms with Gasteiger partial charge in [-0.2, -0.15) is 0 Å². The number of hydrazine groups is 1. The summed E-state index contributed by atoms with van der Waals surface area (Å²) in [5.74, 6) is -0.0170. The number of benzene rings is 1. The molecule has 2 aromatic rings. The van der Waals surface area contributed by atoms with Crippen molar-refractivity contribution in [3.63, 3.8) is 0 Å². The molecule has 3 rings (SSSR count). The SMILES string of the molecule is CC(=O)c1ccc(S(=O)(=O)NNC(=O)c2cc3c(s2)CC[C@H](C)C3)cc1. The first-order valence-electron chi connectivity index (χ1n) is 8.31. The number of fused-ring (bicyclic) bond motifs is 1. The van der Waals surface area contributed by atoms with Gasteiger partial charge < -0.3 is 0 Å². The molecule has 2 N–H and O–H groups in total. The maximum absolute atomic E-state index is 12.3. The largest absolute Gasteiger partial charge is 0.295 e. The number of carbonyl (C=O) groups is 2. The van der Waals surface area contributed by atoms with Gasteiger partial charge in [0.05, 0.1) is 9.77 Å². The molecule has 0 fully saturated rings. The van der Waals surface area contributed by atoms with Crippen molar-refractivity contribution in [2.24, 2.45) is 5.92 Å². The fourth-order valence-corrected chi connectivity index (χ4v) is 4.86. The highest BCUT2D eigenvalue weighted by Crippen LogP contribution is 2.32. The second-order valence-electron chi connectivity index (χ2n) is 6.55. The first kappa shape index (κ1) is 18.8. The van der Waals surface area contributed by atoms with Crippen molar-refractivity contribution in [1.82, 2.24) is 10.3 Å². The van der Waals surface area contributed by atoms with Crippen molar-refractivity contribution in [2.45, 2.75) is 38.0 Å². The molecule has 0 saturated heterocycles. The Kier molecular flexibility index (Phi) is 5.27. The normalized spacial score (nSPS) is 16.8. The Morgan fingerprint density at radius 3 is 2.54 bits per heavy atom. The van der Waals surface area contributed by atoms with Crippen LogP contribution in [0.2, 0.25) is 0 Å². The minimum atomic E-state index is -3.91. The van der Waals surface area contributed by atoms with E-state index in [1.54, 1.807) is 0 Å². The number of amides is 1. The number of sulfonamides is 1. The van der Waals surface area contributed by atoms with Crippen LogP contribution in [0.1, 0.15) is 50.7 Å². The standard InChI is InChI=1S/C18H20N2O4S2/c1-11-3-8-16-14(9-11)10-17(25-16)18(22)19-20-26(23,24)15-6-4-13(5-7-15)12(2)21/h4-7,10-11,20H,3,8-9H2,1-2H3,(H,19,22)/t11-/m0/s1. The van der Waals surface area contributed by atoms with Gasteiger partial charge in [0.15, 0.2) is 5.78 Å². The summed E-state index contributed by atoms with van der Waals surface area (Å²) >= 11 is 1.41. The van der Waals surface area contributed by atoms with E-state index >= 15 is 0 Å². The van der Waals surface area contributed by atoms with Crippen molar-refractivity contribution in [3.8, 4) is 0 Å². The van der Waals surface area contributed by atoms with Gasteiger partial charge in [-0.25, -0.2) is 8.42 Å². The van der Waals surface area contributed by atoms with Crippen LogP contribution in [0, 0.1) is 5.92 Å². The van der Waals surface area contributed by atoms with Crippen LogP contribution in [0.4, 0.5) is 0 Å². The minimum absolute atomic E-state index is 0.0258. The summed E-state index contributed by atoms with van der Waals surface area (Å²) < 4.78 is 24.6. The molecular formula is C18H20N2O4S2. The van der Waals surface area contributed by atoms with Gasteiger partial charge in [-0.3, -0.25) is 15.0 Å². The molecule has 26 heavy (non-hydrogen) atoms. The molecule has 1 aliphatic rings. The minimum Gasteiger partial charge on any atom is -0.295 e. The zero-order valence-electron chi connectivity index (χ0n) is 14.5. The van der Waals surface area contributed by atoms with Crippen LogP contribution in [-0.4, -0.2) is 20.1 Å². The highest BCUT2D eigenvalue weighted by Gasteiger charge is 2.22. The van der Waals surface area contributed by atoms with E-state index in [4.69, 9.17) is 0 Å². The third kappa shape index (κ3) is 4.03. The fourth-order valence-electron chi connectivity index (χ4n) is 2.92. The molecule has 0 spiro atoms. The summed E-state index contributed by atoms with van der Waals surface area (Å²) in [4.78, 5) is 27.3. The number of rotatable bonds is 5. The van der Waals surface area contributed by atoms with E-state index in [1.807, 2.05) is 6.07 Å². The van der Waals surface area contributed by atoms with Crippen LogP contribution in [0.25, 0.3) is 0 Å². The van der Waals surface area contributed by atoms with Gasteiger partial charge in [-0.05, 0) is 55.9 Å². The lowest BCUT2D eigenvalue weighted by Gasteiger charge is -2.16. The molecule has 8 heteroatoms. The van der Waals surface area contributed by atoms with Crippen molar-refractivity contribution >= 4 is 33.1 Å². The van der Waals surface area contributed by atoms with E-state index in [9.17, 15) is 18.0 Å². The summed E-state index contributed by atoms with van der Waals surface area (Å²) in [6, 6.07) is 7.38. The van der Waals surface area contributed by atoms with Gasteiger partial charge in [0, 0.05) is 10.4 Å². The third-order valence-electron chi connectivity index (χ3n) is 4.42. The zero-order chi connectivity index (χ0) is 18.9. The first-order chi connectivity index (χ1) is 12.3. The molecule has 1 atom stereocenters. The molecule has 1 aliphatic carbocycles. The van der Waals surface area contributed by atoms with E-state index in [0.717, 1.165) is 19.3 Å². The van der Waals surface area contributed by atoms with E-state index < -0.39 is 15.9 Å². The molecular weight excluding hydrogens is 372 g/mol. The molecule has 0 bridgehead atoms. The number of aryl methyl sites for hydroxylation is 1. The van der Waals surface area contributed by atoms with Gasteiger partial charge in [0.1, 0.15) is 0 Å². The molecule has 0 radical (unpaired) electrons. The average Bonchev–Trinajstić information content (AvgIpc) is 3.03. The Bertz CT molecular complexity index is 946. The lowest BCUT2D eigenvalue weighted by Crippen LogP contribution is -2.41. The number of ketones is 1. The van der Waals surface area contributed by atoms with E-state index in [2.05, 4.69) is 17.2 Å². The Morgan fingerprint density at radius 2 is 1.88 bits per heavy atom. The van der Waals surface area contributed by atoms with Gasteiger partial charge in [-0.15, -0.1) is 16.2 Å². The van der Waals surface area contributed by atoms with Gasteiger partial charge in [-0.1, -0.05) is 19.1 Å². The number of hydrogen-bond donors (Lipinski definition) is 2. The van der Waals surface area contributed by atoms with Crippen LogP contribution >= 0.6 is 11.3 Å². The Labute approximate surface area is 156 Å². The predicted molar refractivity (Wildman–Crippen MR) is 99.7 cm³/mol. The summed E-state index contributed by atoms with van der Waals surface area (Å²) in [5.41, 5.74) is 3.87. The number of carbonyl (C=O) groups excluding carboxylic acids is 2. The number of thiophene rings is 1. The Balaban J connectivity index is 1.67. The molecule has 6 nitrogen and oxygen atoms in total. The Hall–Kier alpha value is -2.03. The van der Waals surface area contributed by atoms with Crippen LogP contribution in [0.15, 0.2) is 35.2 Å². The van der Waals surface area contributed by atoms with Crippen molar-refractivity contribution in [1.29, 1.82) is 0 Å². The number of nitrogens with one attached hydrogen (secondary N) is 2. The highest BCUT2D eigenvalue weighted by molar-refractivity contribution is 7.89. The molecule has 1 aromatic heterocycles. The first-order valence-corrected chi connectivity index (χ1v) is 10.6. The molecule has 138 valence electrons. The second kappa shape index (κ2) is 7.30.